The third kappa shape index (κ3) is 4.67. The van der Waals surface area contributed by atoms with Crippen LogP contribution in [0.2, 0.25) is 0 Å². The zero-order chi connectivity index (χ0) is 13.5. The summed E-state index contributed by atoms with van der Waals surface area (Å²) in [7, 11) is 1.92. The third-order valence-electron chi connectivity index (χ3n) is 3.56. The van der Waals surface area contributed by atoms with Gasteiger partial charge in [0.05, 0.1) is 12.2 Å². The Kier molecular flexibility index (Phi) is 5.39. The van der Waals surface area contributed by atoms with Crippen LogP contribution in [0.4, 0.5) is 0 Å². The lowest BCUT2D eigenvalue weighted by Gasteiger charge is -2.20. The molecule has 1 amide bonds. The fraction of sp³-hybridized carbons (Fsp3) is 0.714. The molecule has 1 aliphatic rings. The normalized spacial score (nSPS) is 16.4. The number of likely N-dealkylation sites (tertiary alicyclic amines) is 1. The van der Waals surface area contributed by atoms with E-state index in [1.165, 1.54) is 12.8 Å². The summed E-state index contributed by atoms with van der Waals surface area (Å²) in [6, 6.07) is 2.01. The third-order valence-corrected chi connectivity index (χ3v) is 3.56. The summed E-state index contributed by atoms with van der Waals surface area (Å²) in [5, 5.41) is 7.53. The average Bonchev–Trinajstić information content (AvgIpc) is 2.67. The van der Waals surface area contributed by atoms with E-state index < -0.39 is 0 Å². The molecule has 0 radical (unpaired) electrons. The zero-order valence-corrected chi connectivity index (χ0v) is 11.8. The van der Waals surface area contributed by atoms with Gasteiger partial charge in [-0.1, -0.05) is 12.8 Å². The summed E-state index contributed by atoms with van der Waals surface area (Å²) in [5.74, 6) is 0.239. The second kappa shape index (κ2) is 7.28. The first-order valence-electron chi connectivity index (χ1n) is 7.23. The highest BCUT2D eigenvalue weighted by atomic mass is 16.2. The molecule has 106 valence electrons. The smallest absolute Gasteiger partial charge is 0.236 e. The molecule has 1 N–H and O–H groups in total. The van der Waals surface area contributed by atoms with Crippen molar-refractivity contribution < 1.29 is 4.79 Å². The van der Waals surface area contributed by atoms with Gasteiger partial charge in [0.2, 0.25) is 5.91 Å². The van der Waals surface area contributed by atoms with Crippen LogP contribution in [-0.4, -0.2) is 46.8 Å². The van der Waals surface area contributed by atoms with Gasteiger partial charge in [0.15, 0.2) is 0 Å². The van der Waals surface area contributed by atoms with Gasteiger partial charge in [-0.25, -0.2) is 0 Å². The lowest BCUT2D eigenvalue weighted by Crippen LogP contribution is -2.39. The van der Waals surface area contributed by atoms with Gasteiger partial charge in [0.25, 0.3) is 0 Å². The van der Waals surface area contributed by atoms with Crippen molar-refractivity contribution in [3.8, 4) is 0 Å². The van der Waals surface area contributed by atoms with Crippen LogP contribution in [0.1, 0.15) is 31.4 Å². The minimum atomic E-state index is 0.239. The second-order valence-electron chi connectivity index (χ2n) is 5.20. The fourth-order valence-electron chi connectivity index (χ4n) is 2.44. The standard InChI is InChI=1S/C14H24N4O/c1-17-11-7-13(16-17)6-8-15-12-14(19)18-9-4-2-3-5-10-18/h7,11,15H,2-6,8-10,12H2,1H3. The Morgan fingerprint density at radius 3 is 2.68 bits per heavy atom. The van der Waals surface area contributed by atoms with Crippen molar-refractivity contribution in [2.75, 3.05) is 26.2 Å². The number of hydrogen-bond acceptors (Lipinski definition) is 3. The van der Waals surface area contributed by atoms with Crippen LogP contribution in [0.15, 0.2) is 12.3 Å². The Balaban J connectivity index is 1.63. The molecule has 1 fully saturated rings. The fourth-order valence-corrected chi connectivity index (χ4v) is 2.44. The van der Waals surface area contributed by atoms with E-state index in [0.29, 0.717) is 6.54 Å². The highest BCUT2D eigenvalue weighted by molar-refractivity contribution is 5.78. The van der Waals surface area contributed by atoms with Gasteiger partial charge in [-0.2, -0.15) is 5.10 Å². The number of aromatic nitrogens is 2. The maximum Gasteiger partial charge on any atom is 0.236 e. The highest BCUT2D eigenvalue weighted by Crippen LogP contribution is 2.09. The predicted octanol–water partition coefficient (Wildman–Crippen LogP) is 0.955. The predicted molar refractivity (Wildman–Crippen MR) is 74.8 cm³/mol. The minimum absolute atomic E-state index is 0.239. The van der Waals surface area contributed by atoms with Gasteiger partial charge in [0, 0.05) is 39.3 Å². The molecule has 19 heavy (non-hydrogen) atoms. The van der Waals surface area contributed by atoms with Gasteiger partial charge in [-0.15, -0.1) is 0 Å². The van der Waals surface area contributed by atoms with Gasteiger partial charge < -0.3 is 10.2 Å². The summed E-state index contributed by atoms with van der Waals surface area (Å²) in [6.45, 7) is 3.12. The Bertz CT molecular complexity index is 394. The van der Waals surface area contributed by atoms with Crippen molar-refractivity contribution in [3.63, 3.8) is 0 Å². The molecule has 1 aromatic rings. The maximum absolute atomic E-state index is 12.0. The SMILES string of the molecule is Cn1ccc(CCNCC(=O)N2CCCCCC2)n1. The lowest BCUT2D eigenvalue weighted by atomic mass is 10.2. The number of nitrogens with zero attached hydrogens (tertiary/aromatic N) is 3. The molecule has 0 bridgehead atoms. The molecule has 1 saturated heterocycles. The first-order valence-corrected chi connectivity index (χ1v) is 7.23. The van der Waals surface area contributed by atoms with Crippen LogP contribution >= 0.6 is 0 Å². The molecule has 0 aromatic carbocycles. The topological polar surface area (TPSA) is 50.2 Å². The quantitative estimate of drug-likeness (QED) is 0.806. The molecule has 0 unspecified atom stereocenters. The van der Waals surface area contributed by atoms with Gasteiger partial charge in [0.1, 0.15) is 0 Å². The number of amides is 1. The summed E-state index contributed by atoms with van der Waals surface area (Å²) >= 11 is 0. The molecular weight excluding hydrogens is 240 g/mol. The monoisotopic (exact) mass is 264 g/mol. The van der Waals surface area contributed by atoms with Crippen molar-refractivity contribution in [1.82, 2.24) is 20.0 Å². The molecule has 0 saturated carbocycles. The Hall–Kier alpha value is -1.36. The molecule has 0 atom stereocenters. The van der Waals surface area contributed by atoms with Crippen LogP contribution in [0.5, 0.6) is 0 Å². The Morgan fingerprint density at radius 2 is 2.05 bits per heavy atom. The first-order chi connectivity index (χ1) is 9.25. The van der Waals surface area contributed by atoms with Crippen molar-refractivity contribution in [3.05, 3.63) is 18.0 Å². The van der Waals surface area contributed by atoms with E-state index in [9.17, 15) is 4.79 Å². The molecule has 1 aliphatic heterocycles. The molecule has 2 heterocycles. The lowest BCUT2D eigenvalue weighted by molar-refractivity contribution is -0.130. The number of carbonyl (C=O) groups is 1. The number of nitrogens with one attached hydrogen (secondary N) is 1. The van der Waals surface area contributed by atoms with E-state index >= 15 is 0 Å². The van der Waals surface area contributed by atoms with Crippen molar-refractivity contribution >= 4 is 5.91 Å². The van der Waals surface area contributed by atoms with Crippen LogP contribution in [0.3, 0.4) is 0 Å². The molecule has 5 heteroatoms. The minimum Gasteiger partial charge on any atom is -0.342 e. The Labute approximate surface area is 115 Å². The van der Waals surface area contributed by atoms with Crippen molar-refractivity contribution in [2.24, 2.45) is 7.05 Å². The Morgan fingerprint density at radius 1 is 1.32 bits per heavy atom. The molecule has 0 aliphatic carbocycles. The number of rotatable bonds is 5. The zero-order valence-electron chi connectivity index (χ0n) is 11.8. The molecule has 0 spiro atoms. The van der Waals surface area contributed by atoms with E-state index in [1.54, 1.807) is 4.68 Å². The second-order valence-corrected chi connectivity index (χ2v) is 5.20. The van der Waals surface area contributed by atoms with Crippen LogP contribution in [0, 0.1) is 0 Å². The molecule has 2 rings (SSSR count). The largest absolute Gasteiger partial charge is 0.342 e. The molecular formula is C14H24N4O. The number of aryl methyl sites for hydroxylation is 1. The maximum atomic E-state index is 12.0. The van der Waals surface area contributed by atoms with E-state index in [2.05, 4.69) is 10.4 Å². The number of carbonyl (C=O) groups excluding carboxylic acids is 1. The van der Waals surface area contributed by atoms with Gasteiger partial charge in [-0.05, 0) is 18.9 Å². The number of hydrogen-bond donors (Lipinski definition) is 1. The molecule has 1 aromatic heterocycles. The van der Waals surface area contributed by atoms with E-state index in [0.717, 1.165) is 44.6 Å². The van der Waals surface area contributed by atoms with Gasteiger partial charge in [-0.3, -0.25) is 9.48 Å². The van der Waals surface area contributed by atoms with E-state index in [1.807, 2.05) is 24.2 Å². The summed E-state index contributed by atoms with van der Waals surface area (Å²) < 4.78 is 1.80. The average molecular weight is 264 g/mol. The van der Waals surface area contributed by atoms with Crippen LogP contribution in [-0.2, 0) is 18.3 Å². The van der Waals surface area contributed by atoms with Crippen molar-refractivity contribution in [1.29, 1.82) is 0 Å². The summed E-state index contributed by atoms with van der Waals surface area (Å²) in [5.41, 5.74) is 1.07. The highest BCUT2D eigenvalue weighted by Gasteiger charge is 2.14. The first kappa shape index (κ1) is 14.1. The van der Waals surface area contributed by atoms with Gasteiger partial charge >= 0.3 is 0 Å². The van der Waals surface area contributed by atoms with Crippen LogP contribution < -0.4 is 5.32 Å². The van der Waals surface area contributed by atoms with Crippen LogP contribution in [0.25, 0.3) is 0 Å². The van der Waals surface area contributed by atoms with Crippen molar-refractivity contribution in [2.45, 2.75) is 32.1 Å². The van der Waals surface area contributed by atoms with E-state index in [4.69, 9.17) is 0 Å². The summed E-state index contributed by atoms with van der Waals surface area (Å²) in [4.78, 5) is 14.0. The van der Waals surface area contributed by atoms with E-state index in [-0.39, 0.29) is 5.91 Å². The summed E-state index contributed by atoms with van der Waals surface area (Å²) in [6.07, 6.45) is 7.64. The molecule has 5 nitrogen and oxygen atoms in total.